The summed E-state index contributed by atoms with van der Waals surface area (Å²) in [6.45, 7) is 5.94. The van der Waals surface area contributed by atoms with Crippen molar-refractivity contribution in [2.45, 2.75) is 46.1 Å². The molecule has 0 aliphatic heterocycles. The molecular weight excluding hydrogens is 348 g/mol. The highest BCUT2D eigenvalue weighted by Crippen LogP contribution is 2.45. The van der Waals surface area contributed by atoms with Gasteiger partial charge in [0, 0.05) is 12.5 Å². The molecule has 0 fully saturated rings. The van der Waals surface area contributed by atoms with Crippen LogP contribution in [0.25, 0.3) is 0 Å². The van der Waals surface area contributed by atoms with Crippen molar-refractivity contribution in [3.05, 3.63) is 0 Å². The fourth-order valence-electron chi connectivity index (χ4n) is 1.78. The largest absolute Gasteiger partial charge is 0.397 e. The van der Waals surface area contributed by atoms with Gasteiger partial charge in [0.25, 0.3) is 5.92 Å². The third kappa shape index (κ3) is 10.1. The van der Waals surface area contributed by atoms with Crippen molar-refractivity contribution in [3.8, 4) is 11.2 Å². The van der Waals surface area contributed by atoms with Gasteiger partial charge in [-0.15, -0.1) is 0 Å². The first-order valence-electron chi connectivity index (χ1n) is 7.48. The smallest absolute Gasteiger partial charge is 0.308 e. The summed E-state index contributed by atoms with van der Waals surface area (Å²) in [7, 11) is -5.79. The highest BCUT2D eigenvalue weighted by molar-refractivity contribution is 8.37. The van der Waals surface area contributed by atoms with Gasteiger partial charge in [0.15, 0.2) is 0 Å². The maximum atomic E-state index is 13.4. The summed E-state index contributed by atoms with van der Waals surface area (Å²) in [5.74, 6) is 2.77. The minimum Gasteiger partial charge on any atom is -0.308 e. The zero-order valence-corrected chi connectivity index (χ0v) is 15.7. The number of hydrogen-bond acceptors (Lipinski definition) is 4. The summed E-state index contributed by atoms with van der Waals surface area (Å²) in [4.78, 5) is 0. The number of hydrogen-bond donors (Lipinski definition) is 2. The Kier molecular flexibility index (Phi) is 9.62. The van der Waals surface area contributed by atoms with Crippen LogP contribution in [0.2, 0.25) is 0 Å². The van der Waals surface area contributed by atoms with Gasteiger partial charge in [-0.25, -0.2) is 13.0 Å². The summed E-state index contributed by atoms with van der Waals surface area (Å²) >= 11 is 0. The standard InChI is InChI=1S/C14H27F2NO4S2/c1-5-22(6-2,7-3)10-8-9-13(4)17-11-14(15,16)12-21-23(18,19)20/h13,17H,5-7,9,11-12H2,1-4H3,(H,18,19,20)/t13-/m1/s1. The Morgan fingerprint density at radius 2 is 1.74 bits per heavy atom. The Hall–Kier alpha value is -0.400. The number of nitrogens with one attached hydrogen (secondary N) is 1. The van der Waals surface area contributed by atoms with Crippen LogP contribution in [0.1, 0.15) is 34.1 Å². The minimum atomic E-state index is -4.86. The quantitative estimate of drug-likeness (QED) is 0.453. The van der Waals surface area contributed by atoms with Crippen molar-refractivity contribution in [1.29, 1.82) is 0 Å². The Morgan fingerprint density at radius 3 is 2.17 bits per heavy atom. The number of alkyl halides is 2. The van der Waals surface area contributed by atoms with Gasteiger partial charge >= 0.3 is 10.4 Å². The lowest BCUT2D eigenvalue weighted by atomic mass is 10.2. The molecule has 0 amide bonds. The van der Waals surface area contributed by atoms with E-state index in [4.69, 9.17) is 4.55 Å². The lowest BCUT2D eigenvalue weighted by Gasteiger charge is -2.30. The van der Waals surface area contributed by atoms with E-state index in [1.165, 1.54) is 0 Å². The molecule has 0 aliphatic rings. The van der Waals surface area contributed by atoms with Gasteiger partial charge < -0.3 is 5.32 Å². The zero-order valence-electron chi connectivity index (χ0n) is 14.1. The van der Waals surface area contributed by atoms with Gasteiger partial charge in [0.1, 0.15) is 6.61 Å². The molecule has 2 N–H and O–H groups in total. The van der Waals surface area contributed by atoms with Crippen molar-refractivity contribution in [1.82, 2.24) is 5.32 Å². The number of rotatable bonds is 10. The highest BCUT2D eigenvalue weighted by atomic mass is 32.3. The average molecular weight is 376 g/mol. The van der Waals surface area contributed by atoms with Crippen LogP contribution in [0, 0.1) is 11.2 Å². The summed E-state index contributed by atoms with van der Waals surface area (Å²) in [6.07, 6.45) is 0.435. The molecule has 138 valence electrons. The van der Waals surface area contributed by atoms with E-state index in [2.05, 4.69) is 41.4 Å². The van der Waals surface area contributed by atoms with Gasteiger partial charge in [-0.1, -0.05) is 31.9 Å². The molecule has 23 heavy (non-hydrogen) atoms. The van der Waals surface area contributed by atoms with Crippen LogP contribution >= 0.6 is 10.0 Å². The zero-order chi connectivity index (χ0) is 18.1. The fraction of sp³-hybridized carbons (Fsp3) is 0.857. The Morgan fingerprint density at radius 1 is 1.22 bits per heavy atom. The molecule has 0 heterocycles. The molecule has 1 atom stereocenters. The lowest BCUT2D eigenvalue weighted by Crippen LogP contribution is -2.41. The summed E-state index contributed by atoms with van der Waals surface area (Å²) in [5, 5.41) is 5.92. The van der Waals surface area contributed by atoms with Gasteiger partial charge in [0.2, 0.25) is 0 Å². The predicted molar refractivity (Wildman–Crippen MR) is 91.5 cm³/mol. The Balaban J connectivity index is 4.39. The SMILES string of the molecule is CCS(C#CC[C@@H](C)NCC(F)(F)COS(=O)(=O)O)(CC)CC. The van der Waals surface area contributed by atoms with E-state index < -0.39 is 39.5 Å². The molecule has 5 nitrogen and oxygen atoms in total. The minimum absolute atomic E-state index is 0.262. The summed E-state index contributed by atoms with van der Waals surface area (Å²) in [6, 6.07) is -0.262. The molecule has 0 saturated carbocycles. The molecule has 0 aromatic heterocycles. The fourth-order valence-corrected chi connectivity index (χ4v) is 4.15. The van der Waals surface area contributed by atoms with Crippen LogP contribution in [0.3, 0.4) is 0 Å². The van der Waals surface area contributed by atoms with Crippen LogP contribution in [0.5, 0.6) is 0 Å². The van der Waals surface area contributed by atoms with E-state index in [9.17, 15) is 17.2 Å². The second-order valence-corrected chi connectivity index (χ2v) is 10.3. The van der Waals surface area contributed by atoms with E-state index >= 15 is 0 Å². The van der Waals surface area contributed by atoms with Gasteiger partial charge in [-0.05, 0) is 24.2 Å². The van der Waals surface area contributed by atoms with E-state index in [1.54, 1.807) is 6.92 Å². The van der Waals surface area contributed by atoms with Gasteiger partial charge in [-0.3, -0.25) is 4.55 Å². The molecule has 9 heteroatoms. The van der Waals surface area contributed by atoms with Gasteiger partial charge in [-0.2, -0.15) is 18.4 Å². The second kappa shape index (κ2) is 9.79. The third-order valence-electron chi connectivity index (χ3n) is 3.48. The van der Waals surface area contributed by atoms with E-state index in [0.717, 1.165) is 17.3 Å². The summed E-state index contributed by atoms with van der Waals surface area (Å²) < 4.78 is 59.4. The number of halogens is 2. The first-order chi connectivity index (χ1) is 10.5. The van der Waals surface area contributed by atoms with Crippen LogP contribution in [0.15, 0.2) is 0 Å². The van der Waals surface area contributed by atoms with E-state index in [1.807, 2.05) is 0 Å². The normalized spacial score (nSPS) is 14.9. The second-order valence-electron chi connectivity index (χ2n) is 5.22. The molecule has 0 aliphatic carbocycles. The topological polar surface area (TPSA) is 75.6 Å². The van der Waals surface area contributed by atoms with E-state index in [-0.39, 0.29) is 6.04 Å². The lowest BCUT2D eigenvalue weighted by molar-refractivity contribution is -0.0414. The first kappa shape index (κ1) is 22.6. The maximum Gasteiger partial charge on any atom is 0.397 e. The summed E-state index contributed by atoms with van der Waals surface area (Å²) in [5.41, 5.74) is 0. The molecular formula is C14H27F2NO4S2. The molecule has 0 aromatic rings. The monoisotopic (exact) mass is 375 g/mol. The predicted octanol–water partition coefficient (Wildman–Crippen LogP) is 2.63. The van der Waals surface area contributed by atoms with Crippen molar-refractivity contribution < 1.29 is 25.9 Å². The molecule has 0 rings (SSSR count). The van der Waals surface area contributed by atoms with Crippen LogP contribution < -0.4 is 5.32 Å². The van der Waals surface area contributed by atoms with E-state index in [0.29, 0.717) is 6.42 Å². The molecule has 0 radical (unpaired) electrons. The first-order valence-corrected chi connectivity index (χ1v) is 11.0. The molecule has 0 bridgehead atoms. The highest BCUT2D eigenvalue weighted by Gasteiger charge is 2.31. The molecule has 0 unspecified atom stereocenters. The maximum absolute atomic E-state index is 13.4. The van der Waals surface area contributed by atoms with Crippen molar-refractivity contribution in [2.75, 3.05) is 30.4 Å². The Bertz CT molecular complexity index is 502. The molecule has 0 spiro atoms. The average Bonchev–Trinajstić information content (AvgIpc) is 2.48. The van der Waals surface area contributed by atoms with Crippen molar-refractivity contribution in [2.24, 2.45) is 0 Å². The van der Waals surface area contributed by atoms with Crippen LogP contribution in [0.4, 0.5) is 8.78 Å². The van der Waals surface area contributed by atoms with Crippen LogP contribution in [-0.2, 0) is 14.6 Å². The van der Waals surface area contributed by atoms with Crippen molar-refractivity contribution >= 4 is 20.4 Å². The van der Waals surface area contributed by atoms with Crippen molar-refractivity contribution in [3.63, 3.8) is 0 Å². The molecule has 0 saturated heterocycles. The van der Waals surface area contributed by atoms with Crippen LogP contribution in [-0.4, -0.2) is 55.3 Å². The molecule has 0 aromatic carbocycles. The Labute approximate surface area is 139 Å². The van der Waals surface area contributed by atoms with Gasteiger partial charge in [0.05, 0.1) is 6.54 Å². The third-order valence-corrected chi connectivity index (χ3v) is 7.79.